The highest BCUT2D eigenvalue weighted by atomic mass is 16.4. The van der Waals surface area contributed by atoms with Gasteiger partial charge in [-0.2, -0.15) is 0 Å². The first-order valence-corrected chi connectivity index (χ1v) is 7.16. The third-order valence-electron chi connectivity index (χ3n) is 4.33. The lowest BCUT2D eigenvalue weighted by molar-refractivity contribution is -0.149. The summed E-state index contributed by atoms with van der Waals surface area (Å²) >= 11 is 0. The molecule has 2 unspecified atom stereocenters. The molecule has 4 heteroatoms. The van der Waals surface area contributed by atoms with Crippen molar-refractivity contribution in [3.05, 3.63) is 0 Å². The van der Waals surface area contributed by atoms with Crippen molar-refractivity contribution in [1.82, 2.24) is 5.32 Å². The second-order valence-electron chi connectivity index (χ2n) is 5.74. The highest BCUT2D eigenvalue weighted by molar-refractivity contribution is 5.85. The maximum atomic E-state index is 12.1. The van der Waals surface area contributed by atoms with E-state index in [-0.39, 0.29) is 11.8 Å². The van der Waals surface area contributed by atoms with Gasteiger partial charge in [0.2, 0.25) is 5.91 Å². The number of carboxylic acid groups (broad SMARTS) is 1. The highest BCUT2D eigenvalue weighted by Crippen LogP contribution is 2.36. The van der Waals surface area contributed by atoms with E-state index in [0.29, 0.717) is 18.4 Å². The van der Waals surface area contributed by atoms with Gasteiger partial charge in [0, 0.05) is 6.04 Å². The van der Waals surface area contributed by atoms with Crippen LogP contribution in [0.2, 0.25) is 0 Å². The molecule has 0 aliphatic heterocycles. The van der Waals surface area contributed by atoms with Crippen molar-refractivity contribution >= 4 is 11.9 Å². The average molecular weight is 253 g/mol. The zero-order chi connectivity index (χ0) is 13.1. The Hall–Kier alpha value is -1.06. The Kier molecular flexibility index (Phi) is 4.25. The molecule has 2 aliphatic carbocycles. The molecule has 0 radical (unpaired) electrons. The van der Waals surface area contributed by atoms with Crippen LogP contribution in [-0.4, -0.2) is 23.0 Å². The lowest BCUT2D eigenvalue weighted by atomic mass is 9.78. The van der Waals surface area contributed by atoms with Gasteiger partial charge in [-0.25, -0.2) is 0 Å². The molecule has 2 saturated carbocycles. The Labute approximate surface area is 108 Å². The predicted octanol–water partition coefficient (Wildman–Crippen LogP) is 2.18. The van der Waals surface area contributed by atoms with Crippen LogP contribution in [0.4, 0.5) is 0 Å². The normalized spacial score (nSPS) is 34.9. The quantitative estimate of drug-likeness (QED) is 0.789. The number of carbonyl (C=O) groups excluding carboxylic acids is 1. The van der Waals surface area contributed by atoms with Crippen molar-refractivity contribution in [3.63, 3.8) is 0 Å². The van der Waals surface area contributed by atoms with E-state index in [2.05, 4.69) is 12.2 Å². The van der Waals surface area contributed by atoms with Gasteiger partial charge in [0.25, 0.3) is 0 Å². The van der Waals surface area contributed by atoms with Gasteiger partial charge in [0.1, 0.15) is 0 Å². The Bertz CT molecular complexity index is 329. The molecule has 2 aliphatic rings. The third-order valence-corrected chi connectivity index (χ3v) is 4.33. The summed E-state index contributed by atoms with van der Waals surface area (Å²) in [6.45, 7) is 2.15. The summed E-state index contributed by atoms with van der Waals surface area (Å²) in [5.74, 6) is -0.978. The van der Waals surface area contributed by atoms with Gasteiger partial charge in [-0.3, -0.25) is 9.59 Å². The van der Waals surface area contributed by atoms with Gasteiger partial charge in [0.05, 0.1) is 11.8 Å². The first kappa shape index (κ1) is 13.4. The Morgan fingerprint density at radius 1 is 1.22 bits per heavy atom. The van der Waals surface area contributed by atoms with Crippen molar-refractivity contribution in [3.8, 4) is 0 Å². The minimum Gasteiger partial charge on any atom is -0.481 e. The second kappa shape index (κ2) is 5.72. The fourth-order valence-corrected chi connectivity index (χ4v) is 3.14. The molecule has 2 fully saturated rings. The molecule has 18 heavy (non-hydrogen) atoms. The molecule has 0 spiro atoms. The van der Waals surface area contributed by atoms with Crippen LogP contribution >= 0.6 is 0 Å². The standard InChI is InChI=1S/C14H23NO3/c1-2-5-9-8-12(9)15-13(16)10-6-3-4-7-11(10)14(17)18/h9-12H,2-8H2,1H3,(H,15,16)(H,17,18)/t9?,10-,11+,12?/m1/s1. The van der Waals surface area contributed by atoms with E-state index in [4.69, 9.17) is 5.11 Å². The van der Waals surface area contributed by atoms with E-state index < -0.39 is 11.9 Å². The van der Waals surface area contributed by atoms with Gasteiger partial charge < -0.3 is 10.4 Å². The van der Waals surface area contributed by atoms with Crippen LogP contribution in [-0.2, 0) is 9.59 Å². The average Bonchev–Trinajstić information content (AvgIpc) is 3.07. The van der Waals surface area contributed by atoms with Gasteiger partial charge >= 0.3 is 5.97 Å². The zero-order valence-electron chi connectivity index (χ0n) is 11.0. The van der Waals surface area contributed by atoms with Crippen LogP contribution < -0.4 is 5.32 Å². The van der Waals surface area contributed by atoms with Crippen molar-refractivity contribution in [2.75, 3.05) is 0 Å². The summed E-state index contributed by atoms with van der Waals surface area (Å²) in [6, 6.07) is 0.314. The molecule has 0 bridgehead atoms. The number of nitrogens with one attached hydrogen (secondary N) is 1. The molecule has 0 aromatic heterocycles. The molecule has 4 atom stereocenters. The van der Waals surface area contributed by atoms with E-state index in [1.54, 1.807) is 0 Å². The molecule has 0 saturated heterocycles. The molecule has 2 rings (SSSR count). The van der Waals surface area contributed by atoms with E-state index in [0.717, 1.165) is 38.5 Å². The van der Waals surface area contributed by atoms with Crippen molar-refractivity contribution in [2.24, 2.45) is 17.8 Å². The summed E-state index contributed by atoms with van der Waals surface area (Å²) in [5, 5.41) is 12.2. The largest absolute Gasteiger partial charge is 0.481 e. The second-order valence-corrected chi connectivity index (χ2v) is 5.74. The fourth-order valence-electron chi connectivity index (χ4n) is 3.14. The maximum Gasteiger partial charge on any atom is 0.307 e. The molecule has 0 heterocycles. The van der Waals surface area contributed by atoms with Crippen LogP contribution in [0.25, 0.3) is 0 Å². The first-order chi connectivity index (χ1) is 8.63. The topological polar surface area (TPSA) is 66.4 Å². The van der Waals surface area contributed by atoms with Gasteiger partial charge in [0.15, 0.2) is 0 Å². The van der Waals surface area contributed by atoms with Crippen molar-refractivity contribution < 1.29 is 14.7 Å². The van der Waals surface area contributed by atoms with Gasteiger partial charge in [-0.15, -0.1) is 0 Å². The van der Waals surface area contributed by atoms with E-state index in [1.807, 2.05) is 0 Å². The Morgan fingerprint density at radius 3 is 2.50 bits per heavy atom. The van der Waals surface area contributed by atoms with E-state index >= 15 is 0 Å². The number of amides is 1. The highest BCUT2D eigenvalue weighted by Gasteiger charge is 2.41. The summed E-state index contributed by atoms with van der Waals surface area (Å²) in [4.78, 5) is 23.3. The summed E-state index contributed by atoms with van der Waals surface area (Å²) in [6.07, 6.45) is 6.68. The van der Waals surface area contributed by atoms with Crippen molar-refractivity contribution in [1.29, 1.82) is 0 Å². The summed E-state index contributed by atoms with van der Waals surface area (Å²) in [5.41, 5.74) is 0. The number of hydrogen-bond donors (Lipinski definition) is 2. The lowest BCUT2D eigenvalue weighted by Crippen LogP contribution is -2.41. The van der Waals surface area contributed by atoms with Crippen LogP contribution in [0.5, 0.6) is 0 Å². The predicted molar refractivity (Wildman–Crippen MR) is 68.0 cm³/mol. The molecule has 1 amide bonds. The Balaban J connectivity index is 1.85. The van der Waals surface area contributed by atoms with Crippen molar-refractivity contribution in [2.45, 2.75) is 57.9 Å². The van der Waals surface area contributed by atoms with Crippen LogP contribution in [0.3, 0.4) is 0 Å². The molecular weight excluding hydrogens is 230 g/mol. The minimum atomic E-state index is -0.809. The summed E-state index contributed by atoms with van der Waals surface area (Å²) in [7, 11) is 0. The smallest absolute Gasteiger partial charge is 0.307 e. The molecule has 0 aromatic carbocycles. The lowest BCUT2D eigenvalue weighted by Gasteiger charge is -2.27. The molecule has 4 nitrogen and oxygen atoms in total. The molecular formula is C14H23NO3. The number of rotatable bonds is 5. The maximum absolute atomic E-state index is 12.1. The third kappa shape index (κ3) is 3.03. The minimum absolute atomic E-state index is 0.0225. The van der Waals surface area contributed by atoms with Gasteiger partial charge in [-0.1, -0.05) is 26.2 Å². The fraction of sp³-hybridized carbons (Fsp3) is 0.857. The zero-order valence-corrected chi connectivity index (χ0v) is 11.0. The molecule has 0 aromatic rings. The molecule has 2 N–H and O–H groups in total. The number of hydrogen-bond acceptors (Lipinski definition) is 2. The Morgan fingerprint density at radius 2 is 1.89 bits per heavy atom. The van der Waals surface area contributed by atoms with E-state index in [1.165, 1.54) is 0 Å². The van der Waals surface area contributed by atoms with E-state index in [9.17, 15) is 9.59 Å². The number of carboxylic acids is 1. The number of aliphatic carboxylic acids is 1. The van der Waals surface area contributed by atoms with Crippen LogP contribution in [0.1, 0.15) is 51.9 Å². The first-order valence-electron chi connectivity index (χ1n) is 7.16. The van der Waals surface area contributed by atoms with Crippen LogP contribution in [0, 0.1) is 17.8 Å². The summed E-state index contributed by atoms with van der Waals surface area (Å²) < 4.78 is 0. The monoisotopic (exact) mass is 253 g/mol. The van der Waals surface area contributed by atoms with Crippen LogP contribution in [0.15, 0.2) is 0 Å². The molecule has 102 valence electrons. The van der Waals surface area contributed by atoms with Gasteiger partial charge in [-0.05, 0) is 31.6 Å². The SMILES string of the molecule is CCCC1CC1NC(=O)[C@@H]1CCCC[C@@H]1C(=O)O. The number of carbonyl (C=O) groups is 2.